The first-order chi connectivity index (χ1) is 9.59. The average Bonchev–Trinajstić information content (AvgIpc) is 2.90. The third-order valence-corrected chi connectivity index (χ3v) is 4.63. The van der Waals surface area contributed by atoms with Crippen molar-refractivity contribution in [3.8, 4) is 11.5 Å². The monoisotopic (exact) mass is 339 g/mol. The van der Waals surface area contributed by atoms with Gasteiger partial charge in [-0.05, 0) is 47.3 Å². The molecule has 2 rings (SSSR count). The summed E-state index contributed by atoms with van der Waals surface area (Å²) in [6.45, 7) is 1.98. The second-order valence-electron chi connectivity index (χ2n) is 5.04. The van der Waals surface area contributed by atoms with E-state index in [9.17, 15) is 4.79 Å². The molecule has 1 aliphatic carbocycles. The zero-order chi connectivity index (χ0) is 14.8. The number of carbonyl (C=O) groups excluding carboxylic acids is 1. The van der Waals surface area contributed by atoms with Crippen molar-refractivity contribution in [2.24, 2.45) is 4.99 Å². The third kappa shape index (κ3) is 2.36. The van der Waals surface area contributed by atoms with Crippen LogP contribution >= 0.6 is 15.9 Å². The van der Waals surface area contributed by atoms with Crippen molar-refractivity contribution < 1.29 is 14.3 Å². The fourth-order valence-electron chi connectivity index (χ4n) is 3.11. The van der Waals surface area contributed by atoms with Crippen LogP contribution in [0.3, 0.4) is 0 Å². The molecule has 0 N–H and O–H groups in total. The molecule has 0 bridgehead atoms. The minimum Gasteiger partial charge on any atom is -0.493 e. The predicted molar refractivity (Wildman–Crippen MR) is 80.3 cm³/mol. The van der Waals surface area contributed by atoms with E-state index in [0.29, 0.717) is 11.5 Å². The summed E-state index contributed by atoms with van der Waals surface area (Å²) >= 11 is 3.51. The van der Waals surface area contributed by atoms with Gasteiger partial charge < -0.3 is 9.47 Å². The van der Waals surface area contributed by atoms with E-state index in [1.165, 1.54) is 0 Å². The van der Waals surface area contributed by atoms with Crippen molar-refractivity contribution in [3.63, 3.8) is 0 Å². The molecule has 1 aliphatic rings. The Hall–Kier alpha value is -1.32. The molecule has 0 aliphatic heterocycles. The van der Waals surface area contributed by atoms with Crippen LogP contribution in [0.5, 0.6) is 11.5 Å². The number of hydrogen-bond donors (Lipinski definition) is 0. The third-order valence-electron chi connectivity index (χ3n) is 4.04. The number of halogens is 1. The van der Waals surface area contributed by atoms with Crippen molar-refractivity contribution >= 4 is 22.0 Å². The molecule has 0 aromatic heterocycles. The maximum absolute atomic E-state index is 10.9. The van der Waals surface area contributed by atoms with Crippen LogP contribution in [0, 0.1) is 6.92 Å². The first-order valence-electron chi connectivity index (χ1n) is 6.60. The Kier molecular flexibility index (Phi) is 4.51. The van der Waals surface area contributed by atoms with Crippen LogP contribution in [0.15, 0.2) is 15.5 Å². The Morgan fingerprint density at radius 1 is 1.25 bits per heavy atom. The van der Waals surface area contributed by atoms with Crippen LogP contribution in [0.2, 0.25) is 0 Å². The molecule has 0 amide bonds. The van der Waals surface area contributed by atoms with E-state index in [-0.39, 0.29) is 0 Å². The second-order valence-corrected chi connectivity index (χ2v) is 5.89. The SMILES string of the molecule is COc1c(Br)cc(C2(N=C=O)CCCC2)c(C)c1OC. The fourth-order valence-corrected chi connectivity index (χ4v) is 3.68. The van der Waals surface area contributed by atoms with Gasteiger partial charge in [-0.3, -0.25) is 0 Å². The summed E-state index contributed by atoms with van der Waals surface area (Å²) < 4.78 is 11.7. The Labute approximate surface area is 127 Å². The second kappa shape index (κ2) is 5.98. The summed E-state index contributed by atoms with van der Waals surface area (Å²) in [6.07, 6.45) is 5.61. The molecule has 1 aromatic carbocycles. The van der Waals surface area contributed by atoms with Crippen molar-refractivity contribution in [2.75, 3.05) is 14.2 Å². The predicted octanol–water partition coefficient (Wildman–Crippen LogP) is 3.88. The van der Waals surface area contributed by atoms with E-state index in [2.05, 4.69) is 20.9 Å². The first kappa shape index (κ1) is 15.1. The number of benzene rings is 1. The van der Waals surface area contributed by atoms with Gasteiger partial charge >= 0.3 is 0 Å². The van der Waals surface area contributed by atoms with Gasteiger partial charge in [0.05, 0.1) is 24.2 Å². The van der Waals surface area contributed by atoms with E-state index in [1.54, 1.807) is 20.3 Å². The van der Waals surface area contributed by atoms with Gasteiger partial charge in [0.15, 0.2) is 11.5 Å². The Morgan fingerprint density at radius 2 is 1.85 bits per heavy atom. The van der Waals surface area contributed by atoms with Gasteiger partial charge in [0.25, 0.3) is 0 Å². The smallest absolute Gasteiger partial charge is 0.235 e. The van der Waals surface area contributed by atoms with Crippen LogP contribution in [-0.2, 0) is 10.3 Å². The molecule has 20 heavy (non-hydrogen) atoms. The van der Waals surface area contributed by atoms with Crippen LogP contribution < -0.4 is 9.47 Å². The molecule has 1 saturated carbocycles. The lowest BCUT2D eigenvalue weighted by molar-refractivity contribution is 0.347. The maximum atomic E-state index is 10.9. The topological polar surface area (TPSA) is 47.9 Å². The van der Waals surface area contributed by atoms with Gasteiger partial charge in [0, 0.05) is 5.56 Å². The highest BCUT2D eigenvalue weighted by molar-refractivity contribution is 9.10. The summed E-state index contributed by atoms with van der Waals surface area (Å²) in [5.74, 6) is 1.35. The zero-order valence-electron chi connectivity index (χ0n) is 12.0. The molecule has 0 heterocycles. The van der Waals surface area contributed by atoms with Gasteiger partial charge in [-0.25, -0.2) is 4.79 Å². The largest absolute Gasteiger partial charge is 0.493 e. The summed E-state index contributed by atoms with van der Waals surface area (Å²) in [5, 5.41) is 0. The van der Waals surface area contributed by atoms with E-state index in [0.717, 1.165) is 41.3 Å². The molecule has 4 nitrogen and oxygen atoms in total. The zero-order valence-corrected chi connectivity index (χ0v) is 13.5. The van der Waals surface area contributed by atoms with Crippen LogP contribution in [0.25, 0.3) is 0 Å². The normalized spacial score (nSPS) is 16.6. The number of isocyanates is 1. The van der Waals surface area contributed by atoms with Crippen molar-refractivity contribution in [1.29, 1.82) is 0 Å². The van der Waals surface area contributed by atoms with Crippen molar-refractivity contribution in [3.05, 3.63) is 21.7 Å². The van der Waals surface area contributed by atoms with Gasteiger partial charge in [0.1, 0.15) is 0 Å². The standard InChI is InChI=1S/C15H18BrNO3/c1-10-11(15(17-9-18)6-4-5-7-15)8-12(16)14(20-3)13(10)19-2/h8H,4-7H2,1-3H3. The molecule has 0 atom stereocenters. The first-order valence-corrected chi connectivity index (χ1v) is 7.39. The summed E-state index contributed by atoms with van der Waals surface area (Å²) in [4.78, 5) is 15.0. The number of aliphatic imine (C=N–C) groups is 1. The van der Waals surface area contributed by atoms with E-state index in [4.69, 9.17) is 9.47 Å². The molecule has 0 unspecified atom stereocenters. The molecular weight excluding hydrogens is 322 g/mol. The van der Waals surface area contributed by atoms with E-state index < -0.39 is 5.54 Å². The van der Waals surface area contributed by atoms with Crippen LogP contribution in [0.4, 0.5) is 0 Å². The molecule has 1 fully saturated rings. The maximum Gasteiger partial charge on any atom is 0.235 e. The lowest BCUT2D eigenvalue weighted by Crippen LogP contribution is -2.21. The average molecular weight is 340 g/mol. The minimum absolute atomic E-state index is 0.464. The highest BCUT2D eigenvalue weighted by Gasteiger charge is 2.38. The van der Waals surface area contributed by atoms with Crippen LogP contribution in [-0.4, -0.2) is 20.3 Å². The van der Waals surface area contributed by atoms with Crippen molar-refractivity contribution in [2.45, 2.75) is 38.1 Å². The number of nitrogens with zero attached hydrogens (tertiary/aromatic N) is 1. The molecule has 0 saturated heterocycles. The number of methoxy groups -OCH3 is 2. The summed E-state index contributed by atoms with van der Waals surface area (Å²) in [6, 6.07) is 1.99. The van der Waals surface area contributed by atoms with Crippen LogP contribution in [0.1, 0.15) is 36.8 Å². The quantitative estimate of drug-likeness (QED) is 0.617. The molecule has 0 spiro atoms. The highest BCUT2D eigenvalue weighted by Crippen LogP contribution is 2.49. The van der Waals surface area contributed by atoms with Gasteiger partial charge in [-0.15, -0.1) is 0 Å². The van der Waals surface area contributed by atoms with Gasteiger partial charge in [-0.1, -0.05) is 12.8 Å². The molecule has 1 aromatic rings. The lowest BCUT2D eigenvalue weighted by Gasteiger charge is -2.27. The number of rotatable bonds is 4. The minimum atomic E-state index is -0.464. The summed E-state index contributed by atoms with van der Waals surface area (Å²) in [5.41, 5.74) is 1.52. The Bertz CT molecular complexity index is 559. The van der Waals surface area contributed by atoms with E-state index >= 15 is 0 Å². The number of hydrogen-bond acceptors (Lipinski definition) is 4. The summed E-state index contributed by atoms with van der Waals surface area (Å²) in [7, 11) is 3.22. The number of ether oxygens (including phenoxy) is 2. The molecular formula is C15H18BrNO3. The van der Waals surface area contributed by atoms with Crippen molar-refractivity contribution in [1.82, 2.24) is 0 Å². The fraction of sp³-hybridized carbons (Fsp3) is 0.533. The molecule has 5 heteroatoms. The van der Waals surface area contributed by atoms with E-state index in [1.807, 2.05) is 13.0 Å². The Balaban J connectivity index is 2.68. The lowest BCUT2D eigenvalue weighted by atomic mass is 9.85. The Morgan fingerprint density at radius 3 is 2.35 bits per heavy atom. The molecule has 0 radical (unpaired) electrons. The highest BCUT2D eigenvalue weighted by atomic mass is 79.9. The van der Waals surface area contributed by atoms with Gasteiger partial charge in [-0.2, -0.15) is 4.99 Å². The van der Waals surface area contributed by atoms with Gasteiger partial charge in [0.2, 0.25) is 6.08 Å². The molecule has 108 valence electrons.